The Hall–Kier alpha value is -5.33. The van der Waals surface area contributed by atoms with Crippen molar-refractivity contribution in [2.45, 2.75) is 18.3 Å². The van der Waals surface area contributed by atoms with Gasteiger partial charge in [-0.05, 0) is 72.4 Å². The van der Waals surface area contributed by atoms with Crippen molar-refractivity contribution in [3.05, 3.63) is 99.6 Å². The Labute approximate surface area is 302 Å². The molecule has 6 unspecified atom stereocenters. The quantitative estimate of drug-likeness (QED) is 0.215. The topological polar surface area (TPSA) is 169 Å². The van der Waals surface area contributed by atoms with Crippen LogP contribution < -0.4 is 20.6 Å². The van der Waals surface area contributed by atoms with Crippen molar-refractivity contribution in [1.82, 2.24) is 9.91 Å². The molecule has 7 rings (SSSR count). The molecule has 3 fully saturated rings. The van der Waals surface area contributed by atoms with Crippen LogP contribution in [0.1, 0.15) is 24.0 Å². The fraction of sp³-hybridized carbons (Fsp3) is 0.270. The van der Waals surface area contributed by atoms with Crippen molar-refractivity contribution in [2.24, 2.45) is 35.3 Å². The van der Waals surface area contributed by atoms with Gasteiger partial charge in [0, 0.05) is 10.9 Å². The summed E-state index contributed by atoms with van der Waals surface area (Å²) in [5.74, 6) is -6.27. The molecular weight excluding hydrogens is 699 g/mol. The van der Waals surface area contributed by atoms with Gasteiger partial charge in [0.05, 0.1) is 48.1 Å². The minimum absolute atomic E-state index is 0.0130. The van der Waals surface area contributed by atoms with Gasteiger partial charge in [0.1, 0.15) is 5.75 Å². The van der Waals surface area contributed by atoms with E-state index < -0.39 is 64.7 Å². The average molecular weight is 732 g/mol. The molecule has 0 radical (unpaired) electrons. The van der Waals surface area contributed by atoms with Gasteiger partial charge in [-0.1, -0.05) is 65.2 Å². The predicted octanol–water partition coefficient (Wildman–Crippen LogP) is 5.33. The van der Waals surface area contributed by atoms with Crippen molar-refractivity contribution in [3.8, 4) is 17.2 Å². The van der Waals surface area contributed by atoms with Crippen LogP contribution >= 0.6 is 23.2 Å². The number of imide groups is 4. The van der Waals surface area contributed by atoms with E-state index in [0.717, 1.165) is 5.01 Å². The summed E-state index contributed by atoms with van der Waals surface area (Å²) < 4.78 is 10.7. The molecule has 12 nitrogen and oxygen atoms in total. The zero-order valence-corrected chi connectivity index (χ0v) is 28.9. The number of phenolic OH excluding ortho intramolecular Hbond substituents is 1. The highest BCUT2D eigenvalue weighted by molar-refractivity contribution is 6.36. The highest BCUT2D eigenvalue weighted by Crippen LogP contribution is 2.61. The number of carbonyl (C=O) groups is 5. The first-order valence-corrected chi connectivity index (χ1v) is 16.8. The number of nitrogens with two attached hydrogens (primary N) is 1. The highest BCUT2D eigenvalue weighted by atomic mass is 35.5. The Balaban J connectivity index is 1.44. The Kier molecular flexibility index (Phi) is 8.55. The molecular formula is C37H32Cl2N4O8. The van der Waals surface area contributed by atoms with Gasteiger partial charge in [0.15, 0.2) is 11.5 Å². The van der Waals surface area contributed by atoms with Gasteiger partial charge in [-0.2, -0.15) is 9.91 Å². The Bertz CT molecular complexity index is 2070. The van der Waals surface area contributed by atoms with Gasteiger partial charge in [0.25, 0.3) is 11.8 Å². The molecule has 2 heterocycles. The van der Waals surface area contributed by atoms with Crippen LogP contribution in [0.5, 0.6) is 17.2 Å². The molecule has 2 aliphatic heterocycles. The van der Waals surface area contributed by atoms with Crippen LogP contribution in [0, 0.1) is 29.6 Å². The molecule has 3 aromatic carbocycles. The smallest absolute Gasteiger partial charge is 0.328 e. The fourth-order valence-electron chi connectivity index (χ4n) is 8.31. The van der Waals surface area contributed by atoms with E-state index in [2.05, 4.69) is 5.43 Å². The minimum atomic E-state index is -1.56. The number of halogens is 2. The fourth-order valence-corrected chi connectivity index (χ4v) is 8.76. The molecule has 6 amide bonds. The SMILES string of the molecule is COc1ccc(C23C(=O)N(Nc4ccc(Cl)cc4Cl)C(=O)C2CC2C(=CCC4C(=O)N(C(N)=O)C(=O)C42)C3C=Cc2ccc(O)c(OC)c2)cc1. The summed E-state index contributed by atoms with van der Waals surface area (Å²) in [6.07, 6.45) is 5.54. The zero-order chi connectivity index (χ0) is 36.4. The van der Waals surface area contributed by atoms with Crippen molar-refractivity contribution >= 4 is 64.6 Å². The standard InChI is InChI=1S/C37H32Cl2N4O8/c1-50-21-8-5-19(6-9-21)37-25(12-3-18-4-14-29(44)30(15-18)51-2)22-10-11-23-31(34(47)42(32(23)45)36(40)49)24(22)17-26(37)33(46)43(35(37)48)41-28-13-7-20(38)16-27(28)39/h3-10,12-16,23-26,31,41,44H,11,17H2,1-2H3,(H2,40,49). The number of amides is 6. The number of ether oxygens (including phenoxy) is 2. The number of allylic oxidation sites excluding steroid dienone is 3. The minimum Gasteiger partial charge on any atom is -0.504 e. The van der Waals surface area contributed by atoms with E-state index >= 15 is 4.79 Å². The van der Waals surface area contributed by atoms with Crippen LogP contribution in [0.4, 0.5) is 10.5 Å². The van der Waals surface area contributed by atoms with E-state index in [9.17, 15) is 24.3 Å². The van der Waals surface area contributed by atoms with Crippen molar-refractivity contribution in [2.75, 3.05) is 19.6 Å². The Morgan fingerprint density at radius 1 is 0.961 bits per heavy atom. The van der Waals surface area contributed by atoms with Crippen LogP contribution in [0.25, 0.3) is 6.08 Å². The van der Waals surface area contributed by atoms with Gasteiger partial charge in [-0.3, -0.25) is 24.6 Å². The van der Waals surface area contributed by atoms with Crippen molar-refractivity contribution in [3.63, 3.8) is 0 Å². The van der Waals surface area contributed by atoms with E-state index in [1.54, 1.807) is 60.7 Å². The van der Waals surface area contributed by atoms with Crippen LogP contribution in [-0.2, 0) is 24.6 Å². The third-order valence-corrected chi connectivity index (χ3v) is 11.1. The number of likely N-dealkylation sites (tertiary alicyclic amines) is 1. The lowest BCUT2D eigenvalue weighted by Crippen LogP contribution is -2.54. The molecule has 2 aliphatic carbocycles. The van der Waals surface area contributed by atoms with E-state index in [1.807, 2.05) is 6.08 Å². The highest BCUT2D eigenvalue weighted by Gasteiger charge is 2.69. The second-order valence-corrected chi connectivity index (χ2v) is 13.7. The molecule has 262 valence electrons. The maximum atomic E-state index is 15.2. The Morgan fingerprint density at radius 3 is 2.37 bits per heavy atom. The van der Waals surface area contributed by atoms with E-state index in [-0.39, 0.29) is 35.1 Å². The first-order valence-electron chi connectivity index (χ1n) is 16.1. The Morgan fingerprint density at radius 2 is 1.71 bits per heavy atom. The van der Waals surface area contributed by atoms with Gasteiger partial charge >= 0.3 is 6.03 Å². The summed E-state index contributed by atoms with van der Waals surface area (Å²) in [5.41, 5.74) is 8.93. The number of methoxy groups -OCH3 is 2. The molecule has 14 heteroatoms. The van der Waals surface area contributed by atoms with Crippen LogP contribution in [-0.4, -0.2) is 58.9 Å². The number of hydrazine groups is 1. The maximum Gasteiger partial charge on any atom is 0.328 e. The maximum absolute atomic E-state index is 15.2. The number of anilines is 1. The molecule has 4 aliphatic rings. The van der Waals surface area contributed by atoms with Gasteiger partial charge in [-0.25, -0.2) is 4.79 Å². The van der Waals surface area contributed by atoms with Gasteiger partial charge < -0.3 is 20.3 Å². The van der Waals surface area contributed by atoms with Gasteiger partial charge in [-0.15, -0.1) is 0 Å². The molecule has 0 aromatic heterocycles. The predicted molar refractivity (Wildman–Crippen MR) is 187 cm³/mol. The lowest BCUT2D eigenvalue weighted by molar-refractivity contribution is -0.139. The second kappa shape index (κ2) is 12.8. The molecule has 3 aromatic rings. The molecule has 6 atom stereocenters. The molecule has 1 saturated carbocycles. The number of hydrogen-bond donors (Lipinski definition) is 3. The zero-order valence-electron chi connectivity index (χ0n) is 27.3. The lowest BCUT2D eigenvalue weighted by Gasteiger charge is -2.49. The number of carbonyl (C=O) groups excluding carboxylic acids is 5. The lowest BCUT2D eigenvalue weighted by atomic mass is 9.50. The normalized spacial score (nSPS) is 26.9. The van der Waals surface area contributed by atoms with E-state index in [0.29, 0.717) is 32.4 Å². The molecule has 51 heavy (non-hydrogen) atoms. The number of primary amides is 1. The summed E-state index contributed by atoms with van der Waals surface area (Å²) in [6.45, 7) is 0. The average Bonchev–Trinajstić information content (AvgIpc) is 3.50. The van der Waals surface area contributed by atoms with Crippen molar-refractivity contribution < 1.29 is 38.6 Å². The van der Waals surface area contributed by atoms with Crippen molar-refractivity contribution in [1.29, 1.82) is 0 Å². The molecule has 4 N–H and O–H groups in total. The van der Waals surface area contributed by atoms with E-state index in [4.69, 9.17) is 38.4 Å². The number of nitrogens with one attached hydrogen (secondary N) is 1. The number of urea groups is 1. The van der Waals surface area contributed by atoms with Gasteiger partial charge in [0.2, 0.25) is 11.8 Å². The second-order valence-electron chi connectivity index (χ2n) is 12.9. The first-order chi connectivity index (χ1) is 24.4. The molecule has 0 bridgehead atoms. The molecule has 2 saturated heterocycles. The van der Waals surface area contributed by atoms with Crippen LogP contribution in [0.2, 0.25) is 10.0 Å². The number of nitrogens with zero attached hydrogens (tertiary/aromatic N) is 2. The number of hydrogen-bond acceptors (Lipinski definition) is 9. The number of phenols is 1. The summed E-state index contributed by atoms with van der Waals surface area (Å²) in [5, 5.41) is 11.7. The number of aromatic hydroxyl groups is 1. The molecule has 0 spiro atoms. The number of fused-ring (bicyclic) bond motifs is 4. The monoisotopic (exact) mass is 730 g/mol. The third-order valence-electron chi connectivity index (χ3n) is 10.5. The first kappa shape index (κ1) is 34.1. The number of benzene rings is 3. The number of rotatable bonds is 7. The largest absolute Gasteiger partial charge is 0.504 e. The van der Waals surface area contributed by atoms with Crippen LogP contribution in [0.15, 0.2) is 78.4 Å². The summed E-state index contributed by atoms with van der Waals surface area (Å²) in [4.78, 5) is 69.7. The van der Waals surface area contributed by atoms with Crippen LogP contribution in [0.3, 0.4) is 0 Å². The summed E-state index contributed by atoms with van der Waals surface area (Å²) in [6, 6.07) is 15.1. The summed E-state index contributed by atoms with van der Waals surface area (Å²) in [7, 11) is 2.94. The third kappa shape index (κ3) is 5.23. The summed E-state index contributed by atoms with van der Waals surface area (Å²) >= 11 is 12.6. The van der Waals surface area contributed by atoms with E-state index in [1.165, 1.54) is 26.4 Å².